The van der Waals surface area contributed by atoms with E-state index in [1.807, 2.05) is 0 Å². The Balaban J connectivity index is -0.000000125. The van der Waals surface area contributed by atoms with Crippen LogP contribution in [0, 0.1) is 0 Å². The maximum atomic E-state index is 8.93. The van der Waals surface area contributed by atoms with E-state index in [0.29, 0.717) is 0 Å². The van der Waals surface area contributed by atoms with Crippen molar-refractivity contribution in [2.45, 2.75) is 0 Å². The number of carboxylic acid groups (broad SMARTS) is 2. The summed E-state index contributed by atoms with van der Waals surface area (Å²) in [4.78, 5) is 17.9. The van der Waals surface area contributed by atoms with Crippen LogP contribution in [0.1, 0.15) is 0 Å². The van der Waals surface area contributed by atoms with Gasteiger partial charge >= 0.3 is 72.4 Å². The molecule has 0 saturated carbocycles. The number of carboxylic acids is 2. The molecule has 0 spiro atoms. The Bertz CT molecular complexity index is 80.0. The predicted octanol–water partition coefficient (Wildman–Crippen LogP) is -6.51. The normalized spacial score (nSPS) is 5.50. The van der Waals surface area contributed by atoms with E-state index in [-0.39, 0.29) is 72.4 Å². The van der Waals surface area contributed by atoms with Gasteiger partial charge in [-0.3, -0.25) is 0 Å². The Hall–Kier alpha value is 1.26. The van der Waals surface area contributed by atoms with Crippen LogP contribution in [-0.4, -0.2) is 11.9 Å². The third-order valence-corrected chi connectivity index (χ3v) is 0.167. The van der Waals surface area contributed by atoms with Crippen molar-refractivity contribution >= 4 is 11.9 Å². The van der Waals surface area contributed by atoms with Crippen LogP contribution in [-0.2, 0) is 30.7 Å². The van der Waals surface area contributed by atoms with Crippen LogP contribution < -0.4 is 61.6 Å². The third-order valence-electron chi connectivity index (χ3n) is 0.167. The Labute approximate surface area is 102 Å². The van der Waals surface area contributed by atoms with Gasteiger partial charge in [-0.05, 0) is 0 Å². The average Bonchev–Trinajstić information content (AvgIpc) is 1.36. The average molecular weight is 322 g/mol. The second kappa shape index (κ2) is 8.26. The van der Waals surface area contributed by atoms with Gasteiger partial charge in [0.15, 0.2) is 0 Å². The van der Waals surface area contributed by atoms with Gasteiger partial charge in [-0.25, -0.2) is 0 Å². The largest absolute Gasteiger partial charge is 2.00 e. The second-order valence-corrected chi connectivity index (χ2v) is 0.575. The summed E-state index contributed by atoms with van der Waals surface area (Å²) in [5, 5.41) is 17.9. The predicted molar refractivity (Wildman–Crippen MR) is 10.0 cm³/mol. The van der Waals surface area contributed by atoms with E-state index in [1.54, 1.807) is 0 Å². The number of hydrogen-bond donors (Lipinski definition) is 0. The molecule has 0 N–H and O–H groups in total. The number of rotatable bonds is 0. The van der Waals surface area contributed by atoms with Gasteiger partial charge in [0.1, 0.15) is 0 Å². The molecule has 0 rings (SSSR count). The molecule has 0 aromatic rings. The Morgan fingerprint density at radius 1 is 1.00 bits per heavy atom. The molecule has 0 fully saturated rings. The fraction of sp³-hybridized carbons (Fsp3) is 0. The fourth-order valence-electron chi connectivity index (χ4n) is 0. The van der Waals surface area contributed by atoms with Gasteiger partial charge < -0.3 is 19.8 Å². The van der Waals surface area contributed by atoms with E-state index in [9.17, 15) is 0 Å². The zero-order chi connectivity index (χ0) is 5.15. The Morgan fingerprint density at radius 3 is 1.12 bits per heavy atom. The van der Waals surface area contributed by atoms with Crippen LogP contribution in [0.25, 0.3) is 0 Å². The summed E-state index contributed by atoms with van der Waals surface area (Å²) in [5.74, 6) is -4.37. The van der Waals surface area contributed by atoms with E-state index in [4.69, 9.17) is 19.8 Å². The SMILES string of the molecule is O=C([O-])C(=O)[O-].[K+].[Pt+2]. The first-order chi connectivity index (χ1) is 2.64. The van der Waals surface area contributed by atoms with Crippen molar-refractivity contribution < 1.29 is 92.3 Å². The molecule has 0 heterocycles. The maximum absolute atomic E-state index is 8.93. The molecule has 42 valence electrons. The van der Waals surface area contributed by atoms with Crippen LogP contribution in [0.15, 0.2) is 0 Å². The molecule has 0 unspecified atom stereocenters. The molecule has 6 heteroatoms. The van der Waals surface area contributed by atoms with Crippen molar-refractivity contribution in [1.82, 2.24) is 0 Å². The van der Waals surface area contributed by atoms with Gasteiger partial charge in [0.05, 0.1) is 11.9 Å². The van der Waals surface area contributed by atoms with Crippen LogP contribution in [0.4, 0.5) is 0 Å². The molecular formula is C2KO4Pt+. The topological polar surface area (TPSA) is 80.3 Å². The number of carbonyl (C=O) groups is 2. The minimum atomic E-state index is -2.19. The minimum absolute atomic E-state index is 0. The van der Waals surface area contributed by atoms with Crippen LogP contribution in [0.3, 0.4) is 0 Å². The van der Waals surface area contributed by atoms with E-state index < -0.39 is 11.9 Å². The second-order valence-electron chi connectivity index (χ2n) is 0.575. The summed E-state index contributed by atoms with van der Waals surface area (Å²) in [6, 6.07) is 0. The molecule has 8 heavy (non-hydrogen) atoms. The van der Waals surface area contributed by atoms with Crippen LogP contribution in [0.5, 0.6) is 0 Å². The Kier molecular flexibility index (Phi) is 16.7. The van der Waals surface area contributed by atoms with Gasteiger partial charge in [0.2, 0.25) is 0 Å². The first-order valence-electron chi connectivity index (χ1n) is 1.07. The molecule has 0 radical (unpaired) electrons. The zero-order valence-corrected chi connectivity index (χ0v) is 9.34. The van der Waals surface area contributed by atoms with Crippen molar-refractivity contribution in [1.29, 1.82) is 0 Å². The van der Waals surface area contributed by atoms with Crippen LogP contribution in [0.2, 0.25) is 0 Å². The van der Waals surface area contributed by atoms with Crippen LogP contribution >= 0.6 is 0 Å². The minimum Gasteiger partial charge on any atom is -0.543 e. The third kappa shape index (κ3) is 10.3. The summed E-state index contributed by atoms with van der Waals surface area (Å²) in [6.07, 6.45) is 0. The molecule has 0 aliphatic carbocycles. The van der Waals surface area contributed by atoms with Gasteiger partial charge in [0.25, 0.3) is 0 Å². The van der Waals surface area contributed by atoms with Crippen molar-refractivity contribution in [3.05, 3.63) is 0 Å². The molecule has 0 aromatic heterocycles. The van der Waals surface area contributed by atoms with Crippen molar-refractivity contribution in [3.8, 4) is 0 Å². The molecule has 4 nitrogen and oxygen atoms in total. The summed E-state index contributed by atoms with van der Waals surface area (Å²) < 4.78 is 0. The first-order valence-corrected chi connectivity index (χ1v) is 1.07. The monoisotopic (exact) mass is 322 g/mol. The van der Waals surface area contributed by atoms with E-state index in [1.165, 1.54) is 0 Å². The molecule has 0 saturated heterocycles. The quantitative estimate of drug-likeness (QED) is 0.328. The smallest absolute Gasteiger partial charge is 0.543 e. The van der Waals surface area contributed by atoms with Crippen molar-refractivity contribution in [2.75, 3.05) is 0 Å². The van der Waals surface area contributed by atoms with E-state index in [2.05, 4.69) is 0 Å². The molecule has 0 aliphatic rings. The summed E-state index contributed by atoms with van der Waals surface area (Å²) in [7, 11) is 0. The molecule has 0 aromatic carbocycles. The van der Waals surface area contributed by atoms with Gasteiger partial charge in [-0.1, -0.05) is 0 Å². The number of aliphatic carboxylic acids is 2. The molecule has 0 bridgehead atoms. The molecule has 0 amide bonds. The maximum Gasteiger partial charge on any atom is 2.00 e. The molecule has 0 aliphatic heterocycles. The van der Waals surface area contributed by atoms with E-state index >= 15 is 0 Å². The van der Waals surface area contributed by atoms with Crippen molar-refractivity contribution in [3.63, 3.8) is 0 Å². The summed E-state index contributed by atoms with van der Waals surface area (Å²) in [6.45, 7) is 0. The Morgan fingerprint density at radius 2 is 1.12 bits per heavy atom. The van der Waals surface area contributed by atoms with E-state index in [0.717, 1.165) is 0 Å². The molecular weight excluding hydrogens is 322 g/mol. The standard InChI is InChI=1S/C2H2O4.K.Pt/c3-1(4)2(5)6;;/h(H,3,4)(H,5,6);;/q;+1;+2/p-2. The zero-order valence-electron chi connectivity index (χ0n) is 3.95. The number of hydrogen-bond acceptors (Lipinski definition) is 4. The summed E-state index contributed by atoms with van der Waals surface area (Å²) >= 11 is 0. The summed E-state index contributed by atoms with van der Waals surface area (Å²) in [5.41, 5.74) is 0. The van der Waals surface area contributed by atoms with Gasteiger partial charge in [-0.15, -0.1) is 0 Å². The van der Waals surface area contributed by atoms with Crippen molar-refractivity contribution in [2.24, 2.45) is 0 Å². The first kappa shape index (κ1) is 16.1. The van der Waals surface area contributed by atoms with Gasteiger partial charge in [0, 0.05) is 0 Å². The fourth-order valence-corrected chi connectivity index (χ4v) is 0. The molecule has 0 atom stereocenters. The number of carbonyl (C=O) groups excluding carboxylic acids is 2. The van der Waals surface area contributed by atoms with Gasteiger partial charge in [-0.2, -0.15) is 0 Å².